The van der Waals surface area contributed by atoms with Gasteiger partial charge in [0.2, 0.25) is 0 Å². The maximum absolute atomic E-state index is 8.61. The smallest absolute Gasteiger partial charge is 0.265 e. The van der Waals surface area contributed by atoms with Crippen LogP contribution in [0, 0.1) is 0 Å². The fourth-order valence-corrected chi connectivity index (χ4v) is 0.313. The van der Waals surface area contributed by atoms with Crippen molar-refractivity contribution in [1.82, 2.24) is 4.98 Å². The van der Waals surface area contributed by atoms with Crippen molar-refractivity contribution in [2.24, 2.45) is 0 Å². The third-order valence-electron chi connectivity index (χ3n) is 0.566. The van der Waals surface area contributed by atoms with Crippen molar-refractivity contribution >= 4 is 14.5 Å². The van der Waals surface area contributed by atoms with Crippen LogP contribution < -0.4 is 12.3 Å². The minimum atomic E-state index is -5.88. The van der Waals surface area contributed by atoms with Gasteiger partial charge in [0.1, 0.15) is 0 Å². The van der Waals surface area contributed by atoms with Gasteiger partial charge in [0.05, 0.1) is 0 Å². The molecule has 0 aromatic carbocycles. The number of aromatic nitrogens is 1. The van der Waals surface area contributed by atoms with Crippen LogP contribution in [-0.2, 0) is 20.5 Å². The molecule has 0 N–H and O–H groups in total. The van der Waals surface area contributed by atoms with Crippen LogP contribution in [0.5, 0.6) is 0 Å². The van der Waals surface area contributed by atoms with Gasteiger partial charge in [-0.3, -0.25) is 4.98 Å². The van der Waals surface area contributed by atoms with Gasteiger partial charge in [-0.25, -0.2) is 0 Å². The van der Waals surface area contributed by atoms with Gasteiger partial charge < -0.3 is 0 Å². The van der Waals surface area contributed by atoms with Crippen LogP contribution in [0.1, 0.15) is 0 Å². The van der Waals surface area contributed by atoms with E-state index in [-0.39, 0.29) is 16.8 Å². The van der Waals surface area contributed by atoms with E-state index in [1.807, 2.05) is 18.2 Å². The molecular weight excluding hydrogens is 272 g/mol. The van der Waals surface area contributed by atoms with Gasteiger partial charge in [-0.1, -0.05) is 6.07 Å². The fraction of sp³-hybridized carbons (Fsp3) is 0. The molecular formula is C5H5AsCoNO4. The second kappa shape index (κ2) is 7.54. The van der Waals surface area contributed by atoms with Crippen molar-refractivity contribution in [1.29, 1.82) is 0 Å². The number of hydrogen-bond donors (Lipinski definition) is 0. The predicted octanol–water partition coefficient (Wildman–Crippen LogP) is -2.99. The van der Waals surface area contributed by atoms with Crippen LogP contribution >= 0.6 is 0 Å². The monoisotopic (exact) mass is 277 g/mol. The van der Waals surface area contributed by atoms with Crippen LogP contribution in [0.4, 0.5) is 0 Å². The molecule has 1 heterocycles. The van der Waals surface area contributed by atoms with Gasteiger partial charge in [0.15, 0.2) is 0 Å². The van der Waals surface area contributed by atoms with Crippen molar-refractivity contribution in [2.45, 2.75) is 0 Å². The molecule has 0 amide bonds. The summed E-state index contributed by atoms with van der Waals surface area (Å²) in [4.78, 5) is 3.78. The average Bonchev–Trinajstić information content (AvgIpc) is 1.88. The van der Waals surface area contributed by atoms with Crippen molar-refractivity contribution in [3.63, 3.8) is 0 Å². The van der Waals surface area contributed by atoms with E-state index < -0.39 is 14.5 Å². The molecule has 0 saturated carbocycles. The first-order valence-corrected chi connectivity index (χ1v) is 5.64. The van der Waals surface area contributed by atoms with E-state index in [2.05, 4.69) is 4.98 Å². The van der Waals surface area contributed by atoms with Crippen LogP contribution in [-0.4, -0.2) is 19.5 Å². The molecule has 0 saturated heterocycles. The van der Waals surface area contributed by atoms with Crippen LogP contribution in [0.2, 0.25) is 0 Å². The second-order valence-electron chi connectivity index (χ2n) is 1.47. The molecule has 0 aliphatic rings. The van der Waals surface area contributed by atoms with E-state index in [0.717, 1.165) is 0 Å². The molecule has 0 atom stereocenters. The summed E-state index contributed by atoms with van der Waals surface area (Å²) in [5.74, 6) is 0. The molecule has 0 aliphatic heterocycles. The largest absolute Gasteiger partial charge is 3.00 e. The molecule has 0 spiro atoms. The first-order valence-electron chi connectivity index (χ1n) is 2.58. The number of pyridine rings is 1. The normalized spacial score (nSPS) is 8.92. The quantitative estimate of drug-likeness (QED) is 0.471. The number of rotatable bonds is 0. The third kappa shape index (κ3) is 22.5. The van der Waals surface area contributed by atoms with E-state index in [4.69, 9.17) is 16.0 Å². The summed E-state index contributed by atoms with van der Waals surface area (Å²) in [5.41, 5.74) is 0. The summed E-state index contributed by atoms with van der Waals surface area (Å²) >= 11 is -5.88. The SMILES string of the molecule is O=[As]([O-])([O-])[O-].[Co+3].c1ccncc1. The Bertz CT molecular complexity index is 191. The second-order valence-corrected chi connectivity index (χ2v) is 3.35. The molecule has 0 unspecified atom stereocenters. The first kappa shape index (κ1) is 14.4. The summed E-state index contributed by atoms with van der Waals surface area (Å²) < 4.78 is 34.4. The molecule has 0 radical (unpaired) electrons. The fourth-order valence-electron chi connectivity index (χ4n) is 0.313. The van der Waals surface area contributed by atoms with Crippen molar-refractivity contribution in [2.75, 3.05) is 0 Å². The maximum atomic E-state index is 8.61. The standard InChI is InChI=1S/C5H5N.AsH3O4.Co/c1-2-4-6-5-3-1;2-1(3,4)5;/h1-5H;(H3,2,3,4,5);/q;;+3/p-3. The van der Waals surface area contributed by atoms with Gasteiger partial charge in [0.25, 0.3) is 0 Å². The molecule has 12 heavy (non-hydrogen) atoms. The van der Waals surface area contributed by atoms with Crippen molar-refractivity contribution < 1.29 is 32.8 Å². The topological polar surface area (TPSA) is 99.1 Å². The van der Waals surface area contributed by atoms with Gasteiger partial charge in [-0.15, -0.1) is 0 Å². The van der Waals surface area contributed by atoms with Crippen molar-refractivity contribution in [3.05, 3.63) is 30.6 Å². The Labute approximate surface area is 83.0 Å². The molecule has 7 heteroatoms. The molecule has 1 aromatic rings. The number of nitrogens with zero attached hydrogens (tertiary/aromatic N) is 1. The average molecular weight is 277 g/mol. The zero-order valence-electron chi connectivity index (χ0n) is 5.75. The third-order valence-corrected chi connectivity index (χ3v) is 0.566. The molecule has 5 nitrogen and oxygen atoms in total. The summed E-state index contributed by atoms with van der Waals surface area (Å²) in [7, 11) is 0. The predicted molar refractivity (Wildman–Crippen MR) is 30.7 cm³/mol. The van der Waals surface area contributed by atoms with Crippen molar-refractivity contribution in [3.8, 4) is 0 Å². The van der Waals surface area contributed by atoms with E-state index in [1.165, 1.54) is 0 Å². The zero-order valence-corrected chi connectivity index (χ0v) is 8.67. The van der Waals surface area contributed by atoms with E-state index in [0.29, 0.717) is 0 Å². The molecule has 0 aliphatic carbocycles. The zero-order chi connectivity index (χ0) is 8.74. The minimum Gasteiger partial charge on any atom is -0.265 e. The number of hydrogen-bond acceptors (Lipinski definition) is 5. The first-order chi connectivity index (χ1) is 5.00. The Morgan fingerprint density at radius 1 is 1.00 bits per heavy atom. The summed E-state index contributed by atoms with van der Waals surface area (Å²) in [5, 5.41) is 0. The molecule has 1 aromatic heterocycles. The molecule has 0 fully saturated rings. The maximum Gasteiger partial charge on any atom is 3.00 e. The Morgan fingerprint density at radius 2 is 1.33 bits per heavy atom. The summed E-state index contributed by atoms with van der Waals surface area (Å²) in [6.07, 6.45) is 3.50. The van der Waals surface area contributed by atoms with E-state index >= 15 is 0 Å². The van der Waals surface area contributed by atoms with Gasteiger partial charge in [-0.05, 0) is 12.1 Å². The van der Waals surface area contributed by atoms with E-state index in [1.54, 1.807) is 12.4 Å². The van der Waals surface area contributed by atoms with Gasteiger partial charge in [0, 0.05) is 12.4 Å². The summed E-state index contributed by atoms with van der Waals surface area (Å²) in [6, 6.07) is 5.72. The Balaban J connectivity index is 0. The molecule has 1 rings (SSSR count). The molecule has 68 valence electrons. The molecule has 0 bridgehead atoms. The van der Waals surface area contributed by atoms with E-state index in [9.17, 15) is 0 Å². The Hall–Kier alpha value is -0.105. The minimum absolute atomic E-state index is 0. The van der Waals surface area contributed by atoms with Gasteiger partial charge >= 0.3 is 47.3 Å². The van der Waals surface area contributed by atoms with Crippen LogP contribution in [0.15, 0.2) is 30.6 Å². The van der Waals surface area contributed by atoms with Crippen LogP contribution in [0.3, 0.4) is 0 Å². The van der Waals surface area contributed by atoms with Crippen LogP contribution in [0.25, 0.3) is 0 Å². The Kier molecular flexibility index (Phi) is 9.06. The van der Waals surface area contributed by atoms with Gasteiger partial charge in [-0.2, -0.15) is 0 Å². The Morgan fingerprint density at radius 3 is 1.42 bits per heavy atom. The summed E-state index contributed by atoms with van der Waals surface area (Å²) in [6.45, 7) is 0.